The second-order valence-electron chi connectivity index (χ2n) is 7.26. The molecule has 0 saturated carbocycles. The van der Waals surface area contributed by atoms with E-state index in [1.165, 1.54) is 0 Å². The summed E-state index contributed by atoms with van der Waals surface area (Å²) in [5, 5.41) is 3.04. The second-order valence-corrected chi connectivity index (χ2v) is 7.26. The van der Waals surface area contributed by atoms with Crippen molar-refractivity contribution in [3.8, 4) is 5.75 Å². The van der Waals surface area contributed by atoms with Gasteiger partial charge in [-0.05, 0) is 37.6 Å². The number of nitrogens with one attached hydrogen (secondary N) is 1. The molecule has 4 atom stereocenters. The number of fused-ring (bicyclic) bond motifs is 5. The Morgan fingerprint density at radius 2 is 1.81 bits per heavy atom. The van der Waals surface area contributed by atoms with Gasteiger partial charge in [-0.25, -0.2) is 0 Å². The summed E-state index contributed by atoms with van der Waals surface area (Å²) in [4.78, 5) is 28.2. The van der Waals surface area contributed by atoms with Crippen molar-refractivity contribution in [3.63, 3.8) is 0 Å². The van der Waals surface area contributed by atoms with Crippen molar-refractivity contribution in [2.24, 2.45) is 5.92 Å². The number of para-hydroxylation sites is 2. The van der Waals surface area contributed by atoms with E-state index in [0.29, 0.717) is 5.75 Å². The highest BCUT2D eigenvalue weighted by Gasteiger charge is 2.59. The van der Waals surface area contributed by atoms with Crippen LogP contribution in [0.25, 0.3) is 0 Å². The highest BCUT2D eigenvalue weighted by atomic mass is 16.5. The number of esters is 1. The van der Waals surface area contributed by atoms with Crippen LogP contribution in [0.15, 0.2) is 54.6 Å². The predicted molar refractivity (Wildman–Crippen MR) is 96.9 cm³/mol. The number of anilines is 1. The van der Waals surface area contributed by atoms with Crippen molar-refractivity contribution in [1.29, 1.82) is 0 Å². The van der Waals surface area contributed by atoms with Crippen molar-refractivity contribution in [2.75, 3.05) is 11.9 Å². The quantitative estimate of drug-likeness (QED) is 0.670. The second kappa shape index (κ2) is 5.95. The van der Waals surface area contributed by atoms with Crippen LogP contribution in [-0.2, 0) is 9.59 Å². The van der Waals surface area contributed by atoms with E-state index in [0.717, 1.165) is 30.6 Å². The molecule has 5 nitrogen and oxygen atoms in total. The van der Waals surface area contributed by atoms with Crippen LogP contribution in [0.4, 0.5) is 5.69 Å². The maximum atomic E-state index is 13.2. The average Bonchev–Trinajstić information content (AvgIpc) is 3.23. The Labute approximate surface area is 152 Å². The molecule has 26 heavy (non-hydrogen) atoms. The monoisotopic (exact) mass is 348 g/mol. The molecule has 0 bridgehead atoms. The Hall–Kier alpha value is -2.66. The van der Waals surface area contributed by atoms with Gasteiger partial charge < -0.3 is 10.1 Å². The molecule has 5 heteroatoms. The van der Waals surface area contributed by atoms with Crippen LogP contribution in [0.3, 0.4) is 0 Å². The summed E-state index contributed by atoms with van der Waals surface area (Å²) < 4.78 is 5.60. The lowest BCUT2D eigenvalue weighted by Crippen LogP contribution is -2.43. The van der Waals surface area contributed by atoms with Crippen molar-refractivity contribution in [1.82, 2.24) is 4.90 Å². The van der Waals surface area contributed by atoms with Gasteiger partial charge in [0.25, 0.3) is 0 Å². The molecule has 0 unspecified atom stereocenters. The molecule has 2 fully saturated rings. The summed E-state index contributed by atoms with van der Waals surface area (Å²) in [6, 6.07) is 16.9. The summed E-state index contributed by atoms with van der Waals surface area (Å²) in [7, 11) is 0. The first kappa shape index (κ1) is 15.6. The standard InChI is InChI=1S/C21H20N2O3/c24-20(22-13-7-2-1-3-8-13)19-17-14-9-4-5-11-16(14)26-21(25)18(17)15-10-6-12-23(15)19/h1-5,7-9,11,15,17-19H,6,10,12H2,(H,22,24)/t15-,17-,18-,19+/m0/s1. The molecule has 5 rings (SSSR count). The first-order valence-electron chi connectivity index (χ1n) is 9.16. The topological polar surface area (TPSA) is 58.6 Å². The van der Waals surface area contributed by atoms with Crippen LogP contribution >= 0.6 is 0 Å². The lowest BCUT2D eigenvalue weighted by Gasteiger charge is -2.31. The minimum Gasteiger partial charge on any atom is -0.426 e. The van der Waals surface area contributed by atoms with Crippen LogP contribution in [0.5, 0.6) is 5.75 Å². The Morgan fingerprint density at radius 1 is 1.04 bits per heavy atom. The van der Waals surface area contributed by atoms with E-state index in [1.807, 2.05) is 54.6 Å². The minimum absolute atomic E-state index is 0.0416. The van der Waals surface area contributed by atoms with Crippen LogP contribution in [0.2, 0.25) is 0 Å². The largest absolute Gasteiger partial charge is 0.426 e. The number of carbonyl (C=O) groups is 2. The highest BCUT2D eigenvalue weighted by Crippen LogP contribution is 2.51. The molecule has 0 aromatic heterocycles. The van der Waals surface area contributed by atoms with E-state index in [-0.39, 0.29) is 35.8 Å². The molecule has 0 radical (unpaired) electrons. The van der Waals surface area contributed by atoms with Gasteiger partial charge in [-0.1, -0.05) is 36.4 Å². The molecule has 1 N–H and O–H groups in total. The van der Waals surface area contributed by atoms with E-state index < -0.39 is 0 Å². The zero-order valence-electron chi connectivity index (χ0n) is 14.3. The molecule has 0 spiro atoms. The van der Waals surface area contributed by atoms with Crippen molar-refractivity contribution < 1.29 is 14.3 Å². The Kier molecular flexibility index (Phi) is 3.57. The molecule has 2 aromatic carbocycles. The Morgan fingerprint density at radius 3 is 2.65 bits per heavy atom. The molecule has 0 aliphatic carbocycles. The molecule has 2 saturated heterocycles. The lowest BCUT2D eigenvalue weighted by atomic mass is 9.78. The van der Waals surface area contributed by atoms with Gasteiger partial charge in [0.1, 0.15) is 5.75 Å². The van der Waals surface area contributed by atoms with E-state index >= 15 is 0 Å². The van der Waals surface area contributed by atoms with Crippen LogP contribution in [0.1, 0.15) is 24.3 Å². The summed E-state index contributed by atoms with van der Waals surface area (Å²) in [6.45, 7) is 0.847. The summed E-state index contributed by atoms with van der Waals surface area (Å²) in [6.07, 6.45) is 1.95. The predicted octanol–water partition coefficient (Wildman–Crippen LogP) is 2.79. The van der Waals surface area contributed by atoms with Gasteiger partial charge in [0.05, 0.1) is 12.0 Å². The normalized spacial score (nSPS) is 29.5. The molecule has 1 amide bonds. The number of carbonyl (C=O) groups excluding carboxylic acids is 2. The average molecular weight is 348 g/mol. The van der Waals surface area contributed by atoms with Crippen LogP contribution < -0.4 is 10.1 Å². The molecule has 3 aliphatic heterocycles. The highest BCUT2D eigenvalue weighted by molar-refractivity contribution is 5.97. The van der Waals surface area contributed by atoms with Crippen LogP contribution in [-0.4, -0.2) is 35.4 Å². The Bertz CT molecular complexity index is 867. The van der Waals surface area contributed by atoms with E-state index in [9.17, 15) is 9.59 Å². The van der Waals surface area contributed by atoms with E-state index in [4.69, 9.17) is 4.74 Å². The van der Waals surface area contributed by atoms with Gasteiger partial charge in [-0.15, -0.1) is 0 Å². The van der Waals surface area contributed by atoms with Gasteiger partial charge in [0.2, 0.25) is 5.91 Å². The first-order valence-corrected chi connectivity index (χ1v) is 9.16. The zero-order chi connectivity index (χ0) is 17.7. The molecule has 3 heterocycles. The summed E-state index contributed by atoms with van der Waals surface area (Å²) >= 11 is 0. The first-order chi connectivity index (χ1) is 12.7. The number of amides is 1. The van der Waals surface area contributed by atoms with Crippen molar-refractivity contribution in [3.05, 3.63) is 60.2 Å². The summed E-state index contributed by atoms with van der Waals surface area (Å²) in [5.41, 5.74) is 1.75. The number of ether oxygens (including phenoxy) is 1. The molecule has 2 aromatic rings. The van der Waals surface area contributed by atoms with Gasteiger partial charge in [-0.3, -0.25) is 14.5 Å². The Balaban J connectivity index is 1.55. The fourth-order valence-corrected chi connectivity index (χ4v) is 4.93. The minimum atomic E-state index is -0.346. The third kappa shape index (κ3) is 2.27. The SMILES string of the molecule is O=C1Oc2ccccc2[C@H]2[C@@H]1[C@@H]1CCCN1[C@H]2C(=O)Nc1ccccc1. The van der Waals surface area contributed by atoms with Gasteiger partial charge in [0, 0.05) is 23.2 Å². The van der Waals surface area contributed by atoms with Gasteiger partial charge in [-0.2, -0.15) is 0 Å². The van der Waals surface area contributed by atoms with Crippen molar-refractivity contribution in [2.45, 2.75) is 30.8 Å². The maximum Gasteiger partial charge on any atom is 0.316 e. The molecule has 3 aliphatic rings. The lowest BCUT2D eigenvalue weighted by molar-refractivity contribution is -0.141. The molecular weight excluding hydrogens is 328 g/mol. The fraction of sp³-hybridized carbons (Fsp3) is 0.333. The third-order valence-electron chi connectivity index (χ3n) is 5.91. The maximum absolute atomic E-state index is 13.2. The van der Waals surface area contributed by atoms with Gasteiger partial charge in [0.15, 0.2) is 0 Å². The van der Waals surface area contributed by atoms with Crippen LogP contribution in [0, 0.1) is 5.92 Å². The number of hydrogen-bond donors (Lipinski definition) is 1. The zero-order valence-corrected chi connectivity index (χ0v) is 14.3. The smallest absolute Gasteiger partial charge is 0.316 e. The van der Waals surface area contributed by atoms with E-state index in [2.05, 4.69) is 10.2 Å². The van der Waals surface area contributed by atoms with Gasteiger partial charge >= 0.3 is 5.97 Å². The van der Waals surface area contributed by atoms with E-state index in [1.54, 1.807) is 0 Å². The number of benzene rings is 2. The number of hydrogen-bond acceptors (Lipinski definition) is 4. The van der Waals surface area contributed by atoms with Crippen molar-refractivity contribution >= 4 is 17.6 Å². The fourth-order valence-electron chi connectivity index (χ4n) is 4.93. The summed E-state index contributed by atoms with van der Waals surface area (Å²) in [5.74, 6) is -0.0569. The molecule has 132 valence electrons. The molecular formula is C21H20N2O3. The number of rotatable bonds is 2. The third-order valence-corrected chi connectivity index (χ3v) is 5.91. The number of nitrogens with zero attached hydrogens (tertiary/aromatic N) is 1.